The van der Waals surface area contributed by atoms with Gasteiger partial charge in [0.2, 0.25) is 5.91 Å². The summed E-state index contributed by atoms with van der Waals surface area (Å²) in [6.45, 7) is 6.28. The fourth-order valence-corrected chi connectivity index (χ4v) is 2.79. The quantitative estimate of drug-likeness (QED) is 0.857. The molecule has 0 radical (unpaired) electrons. The highest BCUT2D eigenvalue weighted by Gasteiger charge is 2.18. The van der Waals surface area contributed by atoms with Gasteiger partial charge in [0.25, 0.3) is 0 Å². The first kappa shape index (κ1) is 14.9. The van der Waals surface area contributed by atoms with E-state index in [1.807, 2.05) is 19.1 Å². The van der Waals surface area contributed by atoms with Crippen LogP contribution in [0.2, 0.25) is 0 Å². The Kier molecular flexibility index (Phi) is 5.05. The molecule has 1 saturated carbocycles. The molecule has 0 unspecified atom stereocenters. The lowest BCUT2D eigenvalue weighted by atomic mass is 9.87. The zero-order valence-corrected chi connectivity index (χ0v) is 12.8. The van der Waals surface area contributed by atoms with Crippen molar-refractivity contribution in [2.75, 3.05) is 10.6 Å². The Morgan fingerprint density at radius 1 is 1.20 bits per heavy atom. The van der Waals surface area contributed by atoms with E-state index in [2.05, 4.69) is 30.5 Å². The Morgan fingerprint density at radius 2 is 1.85 bits per heavy atom. The number of carbonyl (C=O) groups excluding carboxylic acids is 1. The molecule has 1 amide bonds. The van der Waals surface area contributed by atoms with Crippen LogP contribution in [0.4, 0.5) is 11.4 Å². The molecule has 1 fully saturated rings. The molecule has 0 spiro atoms. The highest BCUT2D eigenvalue weighted by atomic mass is 16.1. The number of anilines is 2. The molecule has 1 aromatic carbocycles. The minimum absolute atomic E-state index is 0.0664. The number of hydrogen-bond acceptors (Lipinski definition) is 2. The summed E-state index contributed by atoms with van der Waals surface area (Å²) in [5, 5.41) is 6.62. The van der Waals surface area contributed by atoms with E-state index < -0.39 is 0 Å². The summed E-state index contributed by atoms with van der Waals surface area (Å²) < 4.78 is 0. The van der Waals surface area contributed by atoms with Crippen molar-refractivity contribution in [3.63, 3.8) is 0 Å². The van der Waals surface area contributed by atoms with Gasteiger partial charge in [-0.25, -0.2) is 0 Å². The van der Waals surface area contributed by atoms with E-state index >= 15 is 0 Å². The Bertz CT molecular complexity index is 462. The molecule has 2 rings (SSSR count). The highest BCUT2D eigenvalue weighted by molar-refractivity contribution is 5.92. The summed E-state index contributed by atoms with van der Waals surface area (Å²) in [6.07, 6.45) is 5.61. The monoisotopic (exact) mass is 274 g/mol. The van der Waals surface area contributed by atoms with Crippen molar-refractivity contribution < 1.29 is 4.79 Å². The van der Waals surface area contributed by atoms with Gasteiger partial charge in [-0.2, -0.15) is 0 Å². The van der Waals surface area contributed by atoms with Crippen molar-refractivity contribution in [2.45, 2.75) is 58.9 Å². The molecule has 0 saturated heterocycles. The van der Waals surface area contributed by atoms with Gasteiger partial charge in [-0.05, 0) is 56.2 Å². The fraction of sp³-hybridized carbons (Fsp3) is 0.588. The predicted molar refractivity (Wildman–Crippen MR) is 85.1 cm³/mol. The van der Waals surface area contributed by atoms with Crippen LogP contribution < -0.4 is 10.6 Å². The van der Waals surface area contributed by atoms with Crippen molar-refractivity contribution in [3.05, 3.63) is 23.8 Å². The van der Waals surface area contributed by atoms with Crippen molar-refractivity contribution in [1.82, 2.24) is 0 Å². The zero-order valence-electron chi connectivity index (χ0n) is 12.8. The molecule has 0 aliphatic heterocycles. The van der Waals surface area contributed by atoms with Gasteiger partial charge < -0.3 is 10.6 Å². The first-order valence-corrected chi connectivity index (χ1v) is 7.76. The van der Waals surface area contributed by atoms with Gasteiger partial charge in [0.05, 0.1) is 0 Å². The van der Waals surface area contributed by atoms with Gasteiger partial charge in [-0.3, -0.25) is 4.79 Å². The molecule has 3 heteroatoms. The van der Waals surface area contributed by atoms with Crippen LogP contribution in [0, 0.1) is 12.8 Å². The topological polar surface area (TPSA) is 41.1 Å². The Balaban J connectivity index is 2.04. The van der Waals surface area contributed by atoms with Gasteiger partial charge in [0, 0.05) is 23.8 Å². The molecular weight excluding hydrogens is 248 g/mol. The fourth-order valence-electron chi connectivity index (χ4n) is 2.79. The normalized spacial score (nSPS) is 22.4. The SMILES string of the molecule is CCC(=O)Nc1cccc(NC2CCC(C)CC2)c1C. The number of carbonyl (C=O) groups is 1. The number of rotatable bonds is 4. The number of hydrogen-bond donors (Lipinski definition) is 2. The first-order valence-electron chi connectivity index (χ1n) is 7.76. The summed E-state index contributed by atoms with van der Waals surface area (Å²) >= 11 is 0. The molecule has 1 aliphatic carbocycles. The van der Waals surface area contributed by atoms with Gasteiger partial charge in [0.1, 0.15) is 0 Å². The predicted octanol–water partition coefficient (Wildman–Crippen LogP) is 4.33. The van der Waals surface area contributed by atoms with Crippen molar-refractivity contribution in [2.24, 2.45) is 5.92 Å². The average Bonchev–Trinajstić information content (AvgIpc) is 2.45. The number of amides is 1. The molecule has 0 bridgehead atoms. The van der Waals surface area contributed by atoms with E-state index in [4.69, 9.17) is 0 Å². The second-order valence-electron chi connectivity index (χ2n) is 5.98. The maximum Gasteiger partial charge on any atom is 0.224 e. The Labute approximate surface area is 122 Å². The second kappa shape index (κ2) is 6.78. The standard InChI is InChI=1S/C17H26N2O/c1-4-17(20)19-16-7-5-6-15(13(16)3)18-14-10-8-12(2)9-11-14/h5-7,12,14,18H,4,8-11H2,1-3H3,(H,19,20). The van der Waals surface area contributed by atoms with Gasteiger partial charge >= 0.3 is 0 Å². The van der Waals surface area contributed by atoms with E-state index in [0.717, 1.165) is 22.9 Å². The van der Waals surface area contributed by atoms with E-state index in [0.29, 0.717) is 12.5 Å². The van der Waals surface area contributed by atoms with Crippen molar-refractivity contribution in [3.8, 4) is 0 Å². The summed E-state index contributed by atoms with van der Waals surface area (Å²) in [6, 6.07) is 6.65. The summed E-state index contributed by atoms with van der Waals surface area (Å²) in [5.74, 6) is 0.932. The summed E-state index contributed by atoms with van der Waals surface area (Å²) in [7, 11) is 0. The van der Waals surface area contributed by atoms with Crippen LogP contribution in [0.15, 0.2) is 18.2 Å². The van der Waals surface area contributed by atoms with Crippen molar-refractivity contribution in [1.29, 1.82) is 0 Å². The minimum atomic E-state index is 0.0664. The van der Waals surface area contributed by atoms with E-state index in [9.17, 15) is 4.79 Å². The van der Waals surface area contributed by atoms with Crippen LogP contribution in [0.25, 0.3) is 0 Å². The smallest absolute Gasteiger partial charge is 0.224 e. The molecule has 1 aliphatic rings. The molecule has 0 aromatic heterocycles. The lowest BCUT2D eigenvalue weighted by molar-refractivity contribution is -0.115. The highest BCUT2D eigenvalue weighted by Crippen LogP contribution is 2.29. The third-order valence-corrected chi connectivity index (χ3v) is 4.30. The zero-order chi connectivity index (χ0) is 14.5. The number of benzene rings is 1. The Morgan fingerprint density at radius 3 is 2.50 bits per heavy atom. The van der Waals surface area contributed by atoms with Crippen LogP contribution in [0.5, 0.6) is 0 Å². The minimum Gasteiger partial charge on any atom is -0.382 e. The molecular formula is C17H26N2O. The van der Waals surface area contributed by atoms with Crippen LogP contribution in [-0.4, -0.2) is 11.9 Å². The maximum atomic E-state index is 11.5. The Hall–Kier alpha value is -1.51. The van der Waals surface area contributed by atoms with Gasteiger partial charge in [-0.15, -0.1) is 0 Å². The molecule has 0 atom stereocenters. The maximum absolute atomic E-state index is 11.5. The molecule has 110 valence electrons. The van der Waals surface area contributed by atoms with Crippen molar-refractivity contribution >= 4 is 17.3 Å². The molecule has 0 heterocycles. The lowest BCUT2D eigenvalue weighted by Gasteiger charge is -2.28. The average molecular weight is 274 g/mol. The van der Waals surface area contributed by atoms with Gasteiger partial charge in [-0.1, -0.05) is 19.9 Å². The molecule has 3 nitrogen and oxygen atoms in total. The third kappa shape index (κ3) is 3.75. The molecule has 20 heavy (non-hydrogen) atoms. The van der Waals surface area contributed by atoms with E-state index in [1.54, 1.807) is 0 Å². The van der Waals surface area contributed by atoms with E-state index in [1.165, 1.54) is 25.7 Å². The van der Waals surface area contributed by atoms with Crippen LogP contribution in [0.1, 0.15) is 51.5 Å². The van der Waals surface area contributed by atoms with Crippen LogP contribution in [0.3, 0.4) is 0 Å². The molecule has 1 aromatic rings. The molecule has 2 N–H and O–H groups in total. The van der Waals surface area contributed by atoms with Crippen LogP contribution >= 0.6 is 0 Å². The van der Waals surface area contributed by atoms with Crippen LogP contribution in [-0.2, 0) is 4.79 Å². The summed E-state index contributed by atoms with van der Waals surface area (Å²) in [4.78, 5) is 11.5. The number of nitrogens with one attached hydrogen (secondary N) is 2. The largest absolute Gasteiger partial charge is 0.382 e. The first-order chi connectivity index (χ1) is 9.60. The second-order valence-corrected chi connectivity index (χ2v) is 5.98. The third-order valence-electron chi connectivity index (χ3n) is 4.30. The van der Waals surface area contributed by atoms with E-state index in [-0.39, 0.29) is 5.91 Å². The summed E-state index contributed by atoms with van der Waals surface area (Å²) in [5.41, 5.74) is 3.21. The lowest BCUT2D eigenvalue weighted by Crippen LogP contribution is -2.25. The van der Waals surface area contributed by atoms with Gasteiger partial charge in [0.15, 0.2) is 0 Å².